The van der Waals surface area contributed by atoms with E-state index in [0.29, 0.717) is 24.8 Å². The van der Waals surface area contributed by atoms with Gasteiger partial charge in [0.15, 0.2) is 5.82 Å². The zero-order valence-corrected chi connectivity index (χ0v) is 10.2. The smallest absolute Gasteiger partial charge is 0.257 e. The Balaban J connectivity index is 2.20. The van der Waals surface area contributed by atoms with Crippen LogP contribution in [-0.2, 0) is 0 Å². The van der Waals surface area contributed by atoms with Gasteiger partial charge in [-0.3, -0.25) is 0 Å². The average molecular weight is 238 g/mol. The molecule has 1 aromatic rings. The summed E-state index contributed by atoms with van der Waals surface area (Å²) in [5, 5.41) is 9.88. The van der Waals surface area contributed by atoms with Crippen molar-refractivity contribution in [3.63, 3.8) is 0 Å². The van der Waals surface area contributed by atoms with Gasteiger partial charge in [-0.05, 0) is 7.05 Å². The van der Waals surface area contributed by atoms with E-state index in [9.17, 15) is 5.11 Å². The molecule has 6 heteroatoms. The van der Waals surface area contributed by atoms with Crippen LogP contribution in [0.5, 0.6) is 5.88 Å². The first-order valence-electron chi connectivity index (χ1n) is 5.67. The lowest BCUT2D eigenvalue weighted by atomic mass is 10.3. The van der Waals surface area contributed by atoms with E-state index in [0.717, 1.165) is 13.1 Å². The Hall–Kier alpha value is -1.40. The van der Waals surface area contributed by atoms with Crippen molar-refractivity contribution in [3.8, 4) is 5.88 Å². The van der Waals surface area contributed by atoms with E-state index < -0.39 is 0 Å². The molecule has 0 unspecified atom stereocenters. The summed E-state index contributed by atoms with van der Waals surface area (Å²) < 4.78 is 5.19. The monoisotopic (exact) mass is 238 g/mol. The predicted octanol–water partition coefficient (Wildman–Crippen LogP) is -0.402. The van der Waals surface area contributed by atoms with Gasteiger partial charge in [0.05, 0.1) is 13.2 Å². The van der Waals surface area contributed by atoms with Crippen molar-refractivity contribution in [1.82, 2.24) is 14.9 Å². The van der Waals surface area contributed by atoms with Crippen LogP contribution in [0.1, 0.15) is 0 Å². The molecule has 0 amide bonds. The Morgan fingerprint density at radius 3 is 2.82 bits per heavy atom. The summed E-state index contributed by atoms with van der Waals surface area (Å²) >= 11 is 0. The predicted molar refractivity (Wildman–Crippen MR) is 64.3 cm³/mol. The molecule has 6 nitrogen and oxygen atoms in total. The Bertz CT molecular complexity index is 374. The van der Waals surface area contributed by atoms with Crippen molar-refractivity contribution >= 4 is 5.82 Å². The maximum absolute atomic E-state index is 9.88. The molecule has 17 heavy (non-hydrogen) atoms. The van der Waals surface area contributed by atoms with Gasteiger partial charge in [0.1, 0.15) is 0 Å². The molecule has 1 aromatic heterocycles. The number of hydrogen-bond acceptors (Lipinski definition) is 6. The summed E-state index contributed by atoms with van der Waals surface area (Å²) in [7, 11) is 3.58. The zero-order valence-electron chi connectivity index (χ0n) is 10.2. The summed E-state index contributed by atoms with van der Waals surface area (Å²) in [6.45, 7) is 2.93. The van der Waals surface area contributed by atoms with Gasteiger partial charge in [0.2, 0.25) is 0 Å². The van der Waals surface area contributed by atoms with Crippen LogP contribution in [0.3, 0.4) is 0 Å². The van der Waals surface area contributed by atoms with Gasteiger partial charge in [0, 0.05) is 38.6 Å². The van der Waals surface area contributed by atoms with Gasteiger partial charge >= 0.3 is 0 Å². The van der Waals surface area contributed by atoms with Crippen LogP contribution in [-0.4, -0.2) is 66.4 Å². The minimum Gasteiger partial charge on any atom is -0.478 e. The second-order valence-electron chi connectivity index (χ2n) is 4.25. The van der Waals surface area contributed by atoms with Gasteiger partial charge in [-0.15, -0.1) is 0 Å². The number of anilines is 1. The number of rotatable bonds is 2. The molecule has 0 aliphatic carbocycles. The summed E-state index contributed by atoms with van der Waals surface area (Å²) in [5.74, 6) is 1.20. The lowest BCUT2D eigenvalue weighted by molar-refractivity contribution is 0.145. The Morgan fingerprint density at radius 2 is 2.06 bits per heavy atom. The molecule has 1 atom stereocenters. The fourth-order valence-corrected chi connectivity index (χ4v) is 2.02. The Kier molecular flexibility index (Phi) is 3.75. The zero-order chi connectivity index (χ0) is 12.3. The van der Waals surface area contributed by atoms with Crippen LogP contribution in [0.2, 0.25) is 0 Å². The molecular formula is C11H18N4O2. The first-order valence-corrected chi connectivity index (χ1v) is 5.67. The number of hydrogen-bond donors (Lipinski definition) is 1. The van der Waals surface area contributed by atoms with E-state index in [1.54, 1.807) is 19.5 Å². The van der Waals surface area contributed by atoms with Crippen molar-refractivity contribution in [2.45, 2.75) is 6.10 Å². The van der Waals surface area contributed by atoms with Gasteiger partial charge in [-0.1, -0.05) is 0 Å². The lowest BCUT2D eigenvalue weighted by Gasteiger charge is -2.23. The molecule has 1 fully saturated rings. The summed E-state index contributed by atoms with van der Waals surface area (Å²) in [4.78, 5) is 12.5. The highest BCUT2D eigenvalue weighted by Gasteiger charge is 2.22. The quantitative estimate of drug-likeness (QED) is 0.756. The van der Waals surface area contributed by atoms with Gasteiger partial charge in [-0.25, -0.2) is 9.97 Å². The summed E-state index contributed by atoms with van der Waals surface area (Å²) in [6, 6.07) is 0. The van der Waals surface area contributed by atoms with E-state index >= 15 is 0 Å². The van der Waals surface area contributed by atoms with E-state index in [-0.39, 0.29) is 6.10 Å². The number of likely N-dealkylation sites (N-methyl/N-ethyl adjacent to an activating group) is 1. The van der Waals surface area contributed by atoms with Gasteiger partial charge in [-0.2, -0.15) is 0 Å². The fourth-order valence-electron chi connectivity index (χ4n) is 2.02. The highest BCUT2D eigenvalue weighted by Crippen LogP contribution is 2.22. The van der Waals surface area contributed by atoms with E-state index in [1.807, 2.05) is 11.9 Å². The fraction of sp³-hybridized carbons (Fsp3) is 0.636. The Labute approximate surface area is 101 Å². The third kappa shape index (κ3) is 2.83. The second-order valence-corrected chi connectivity index (χ2v) is 4.25. The van der Waals surface area contributed by atoms with Crippen molar-refractivity contribution in [1.29, 1.82) is 0 Å². The number of nitrogens with zero attached hydrogens (tertiary/aromatic N) is 4. The van der Waals surface area contributed by atoms with Crippen LogP contribution in [0.25, 0.3) is 0 Å². The topological polar surface area (TPSA) is 61.7 Å². The highest BCUT2D eigenvalue weighted by atomic mass is 16.5. The van der Waals surface area contributed by atoms with Crippen LogP contribution in [0.15, 0.2) is 12.4 Å². The van der Waals surface area contributed by atoms with Gasteiger partial charge in [0.25, 0.3) is 5.88 Å². The highest BCUT2D eigenvalue weighted by molar-refractivity contribution is 5.48. The third-order valence-corrected chi connectivity index (χ3v) is 2.84. The van der Waals surface area contributed by atoms with Crippen LogP contribution >= 0.6 is 0 Å². The number of ether oxygens (including phenoxy) is 1. The number of aliphatic hydroxyl groups is 1. The van der Waals surface area contributed by atoms with Crippen LogP contribution in [0.4, 0.5) is 5.82 Å². The normalized spacial score (nSPS) is 22.3. The number of aliphatic hydroxyl groups excluding tert-OH is 1. The molecule has 2 rings (SSSR count). The molecule has 2 heterocycles. The molecule has 94 valence electrons. The van der Waals surface area contributed by atoms with Crippen molar-refractivity contribution in [2.24, 2.45) is 0 Å². The molecule has 0 aromatic carbocycles. The van der Waals surface area contributed by atoms with Gasteiger partial charge < -0.3 is 19.6 Å². The largest absolute Gasteiger partial charge is 0.478 e. The molecule has 0 spiro atoms. The number of aromatic nitrogens is 2. The van der Waals surface area contributed by atoms with Crippen molar-refractivity contribution < 1.29 is 9.84 Å². The first-order chi connectivity index (χ1) is 8.20. The standard InChI is InChI=1S/C11H18N4O2/c1-14-5-6-15(8-9(16)7-14)10-11(17-2)13-4-3-12-10/h3-4,9,16H,5-8H2,1-2H3/t9-/m0/s1. The lowest BCUT2D eigenvalue weighted by Crippen LogP contribution is -2.33. The Morgan fingerprint density at radius 1 is 1.29 bits per heavy atom. The van der Waals surface area contributed by atoms with E-state index in [2.05, 4.69) is 14.9 Å². The molecule has 0 radical (unpaired) electrons. The summed E-state index contributed by atoms with van der Waals surface area (Å²) in [5.41, 5.74) is 0. The first kappa shape index (κ1) is 12.1. The van der Waals surface area contributed by atoms with Crippen molar-refractivity contribution in [2.75, 3.05) is 45.2 Å². The van der Waals surface area contributed by atoms with E-state index in [4.69, 9.17) is 4.74 Å². The molecule has 1 N–H and O–H groups in total. The maximum atomic E-state index is 9.88. The average Bonchev–Trinajstić information content (AvgIpc) is 2.50. The second kappa shape index (κ2) is 5.29. The van der Waals surface area contributed by atoms with Crippen molar-refractivity contribution in [3.05, 3.63) is 12.4 Å². The number of methoxy groups -OCH3 is 1. The molecule has 1 saturated heterocycles. The SMILES string of the molecule is COc1nccnc1N1CCN(C)C[C@H](O)C1. The molecular weight excluding hydrogens is 220 g/mol. The molecule has 1 aliphatic heterocycles. The van der Waals surface area contributed by atoms with Crippen LogP contribution in [0, 0.1) is 0 Å². The molecule has 0 bridgehead atoms. The van der Waals surface area contributed by atoms with Crippen LogP contribution < -0.4 is 9.64 Å². The van der Waals surface area contributed by atoms with E-state index in [1.165, 1.54) is 0 Å². The molecule has 0 saturated carbocycles. The summed E-state index contributed by atoms with van der Waals surface area (Å²) in [6.07, 6.45) is 2.86. The minimum atomic E-state index is -0.380. The maximum Gasteiger partial charge on any atom is 0.257 e. The molecule has 1 aliphatic rings. The number of β-amino-alcohol motifs (C(OH)–C–C–N with tert-alkyl or cyclic N) is 1. The minimum absolute atomic E-state index is 0.380. The third-order valence-electron chi connectivity index (χ3n) is 2.84.